The van der Waals surface area contributed by atoms with Crippen molar-refractivity contribution in [1.82, 2.24) is 10.3 Å². The molecule has 2 aromatic rings. The van der Waals surface area contributed by atoms with Gasteiger partial charge in [0.15, 0.2) is 15.0 Å². The summed E-state index contributed by atoms with van der Waals surface area (Å²) in [5.41, 5.74) is 1.33. The van der Waals surface area contributed by atoms with E-state index in [1.54, 1.807) is 19.1 Å². The molecular weight excluding hydrogens is 546 g/mol. The second-order valence-electron chi connectivity index (χ2n) is 10.3. The molecule has 2 aliphatic carbocycles. The van der Waals surface area contributed by atoms with Gasteiger partial charge in [0.1, 0.15) is 12.1 Å². The second-order valence-corrected chi connectivity index (χ2v) is 13.7. The quantitative estimate of drug-likeness (QED) is 0.347. The maximum atomic E-state index is 13.0. The van der Waals surface area contributed by atoms with Gasteiger partial charge in [-0.25, -0.2) is 13.4 Å². The molecule has 38 heavy (non-hydrogen) atoms. The lowest BCUT2D eigenvalue weighted by molar-refractivity contribution is -0.151. The van der Waals surface area contributed by atoms with Crippen LogP contribution in [0.25, 0.3) is 10.4 Å². The van der Waals surface area contributed by atoms with Crippen molar-refractivity contribution < 1.29 is 22.7 Å². The molecule has 4 rings (SSSR count). The van der Waals surface area contributed by atoms with E-state index in [4.69, 9.17) is 16.3 Å². The van der Waals surface area contributed by atoms with Crippen LogP contribution in [0.1, 0.15) is 76.3 Å². The molecule has 1 amide bonds. The molecule has 11 heteroatoms. The zero-order valence-corrected chi connectivity index (χ0v) is 24.3. The van der Waals surface area contributed by atoms with Gasteiger partial charge in [0.25, 0.3) is 0 Å². The van der Waals surface area contributed by atoms with Gasteiger partial charge in [-0.05, 0) is 69.6 Å². The summed E-state index contributed by atoms with van der Waals surface area (Å²) in [7, 11) is -3.49. The Balaban J connectivity index is 1.39. The summed E-state index contributed by atoms with van der Waals surface area (Å²) in [4.78, 5) is 31.1. The Kier molecular flexibility index (Phi) is 9.84. The summed E-state index contributed by atoms with van der Waals surface area (Å²) in [5, 5.41) is 6.90. The largest absolute Gasteiger partial charge is 0.461 e. The molecule has 2 N–H and O–H groups in total. The first kappa shape index (κ1) is 29.0. The number of thiazole rings is 1. The number of sulfone groups is 1. The molecule has 2 saturated carbocycles. The van der Waals surface area contributed by atoms with E-state index in [0.29, 0.717) is 22.8 Å². The van der Waals surface area contributed by atoms with E-state index >= 15 is 0 Å². The van der Waals surface area contributed by atoms with Gasteiger partial charge in [0.05, 0.1) is 20.5 Å². The number of anilines is 1. The predicted molar refractivity (Wildman–Crippen MR) is 150 cm³/mol. The number of nitrogens with zero attached hydrogens (tertiary/aromatic N) is 1. The van der Waals surface area contributed by atoms with Crippen molar-refractivity contribution in [2.75, 3.05) is 11.6 Å². The summed E-state index contributed by atoms with van der Waals surface area (Å²) in [5.74, 6) is -0.491. The Morgan fingerprint density at radius 3 is 2.50 bits per heavy atom. The van der Waals surface area contributed by atoms with Crippen LogP contribution in [0.2, 0.25) is 5.02 Å². The van der Waals surface area contributed by atoms with Gasteiger partial charge >= 0.3 is 5.97 Å². The van der Waals surface area contributed by atoms with Crippen LogP contribution >= 0.6 is 22.9 Å². The average molecular weight is 582 g/mol. The minimum atomic E-state index is -3.49. The highest BCUT2D eigenvalue weighted by Gasteiger charge is 2.29. The Labute approximate surface area is 233 Å². The van der Waals surface area contributed by atoms with Crippen LogP contribution in [0.4, 0.5) is 5.13 Å². The molecule has 8 nitrogen and oxygen atoms in total. The fourth-order valence-corrected chi connectivity index (χ4v) is 7.46. The van der Waals surface area contributed by atoms with Crippen molar-refractivity contribution >= 4 is 49.8 Å². The van der Waals surface area contributed by atoms with Crippen LogP contribution in [0.15, 0.2) is 23.1 Å². The summed E-state index contributed by atoms with van der Waals surface area (Å²) in [6, 6.07) is 4.58. The molecule has 0 radical (unpaired) electrons. The Bertz CT molecular complexity index is 1250. The number of carbonyl (C=O) groups excluding carboxylic acids is 2. The summed E-state index contributed by atoms with van der Waals surface area (Å²) in [6.45, 7) is 1.80. The minimum Gasteiger partial charge on any atom is -0.461 e. The van der Waals surface area contributed by atoms with Crippen LogP contribution in [-0.2, 0) is 24.2 Å². The van der Waals surface area contributed by atoms with E-state index in [1.165, 1.54) is 23.8 Å². The molecule has 0 unspecified atom stereocenters. The summed E-state index contributed by atoms with van der Waals surface area (Å²) in [6.07, 6.45) is 11.2. The van der Waals surface area contributed by atoms with Gasteiger partial charge in [-0.1, -0.05) is 48.3 Å². The number of esters is 1. The lowest BCUT2D eigenvalue weighted by Gasteiger charge is -2.28. The lowest BCUT2D eigenvalue weighted by atomic mass is 9.94. The highest BCUT2D eigenvalue weighted by molar-refractivity contribution is 7.90. The standard InChI is InChI=1S/C27H36ClN3O5S2/c1-17-25(18-12-13-21(28)23(16-18)38(2,34)35)37-27(29-17)31-24(32)15-14-22(30-19-8-4-3-5-9-19)26(33)36-20-10-6-7-11-20/h12-13,16,19-20,22,30H,3-11,14-15H2,1-2H3,(H,29,31,32)/t22-/m0/s1. The monoisotopic (exact) mass is 581 g/mol. The van der Waals surface area contributed by atoms with Gasteiger partial charge in [-0.3, -0.25) is 9.59 Å². The molecule has 0 aliphatic heterocycles. The van der Waals surface area contributed by atoms with Crippen LogP contribution < -0.4 is 10.6 Å². The topological polar surface area (TPSA) is 114 Å². The van der Waals surface area contributed by atoms with Gasteiger partial charge in [-0.15, -0.1) is 0 Å². The van der Waals surface area contributed by atoms with E-state index in [0.717, 1.165) is 62.5 Å². The number of carbonyl (C=O) groups is 2. The second kappa shape index (κ2) is 12.9. The summed E-state index contributed by atoms with van der Waals surface area (Å²) >= 11 is 7.36. The van der Waals surface area contributed by atoms with E-state index in [1.807, 2.05) is 0 Å². The smallest absolute Gasteiger partial charge is 0.323 e. The first-order valence-electron chi connectivity index (χ1n) is 13.3. The fraction of sp³-hybridized carbons (Fsp3) is 0.593. The Morgan fingerprint density at radius 2 is 1.82 bits per heavy atom. The van der Waals surface area contributed by atoms with Crippen LogP contribution in [-0.4, -0.2) is 49.7 Å². The molecule has 1 aromatic heterocycles. The van der Waals surface area contributed by atoms with E-state index in [9.17, 15) is 18.0 Å². The molecular formula is C27H36ClN3O5S2. The molecule has 1 aromatic carbocycles. The maximum absolute atomic E-state index is 13.0. The number of aromatic nitrogens is 1. The number of aryl methyl sites for hydroxylation is 1. The third-order valence-electron chi connectivity index (χ3n) is 7.21. The molecule has 1 heterocycles. The van der Waals surface area contributed by atoms with Gasteiger partial charge in [-0.2, -0.15) is 0 Å². The minimum absolute atomic E-state index is 0.0141. The molecule has 2 fully saturated rings. The van der Waals surface area contributed by atoms with E-state index in [2.05, 4.69) is 15.6 Å². The van der Waals surface area contributed by atoms with E-state index < -0.39 is 15.9 Å². The number of hydrogen-bond donors (Lipinski definition) is 2. The predicted octanol–water partition coefficient (Wildman–Crippen LogP) is 5.67. The number of benzene rings is 1. The van der Waals surface area contributed by atoms with Gasteiger partial charge in [0.2, 0.25) is 5.91 Å². The van der Waals surface area contributed by atoms with Crippen molar-refractivity contribution in [3.8, 4) is 10.4 Å². The number of ether oxygens (including phenoxy) is 1. The highest BCUT2D eigenvalue weighted by atomic mass is 35.5. The van der Waals surface area contributed by atoms with Gasteiger partial charge < -0.3 is 15.4 Å². The highest BCUT2D eigenvalue weighted by Crippen LogP contribution is 2.36. The number of rotatable bonds is 10. The van der Waals surface area contributed by atoms with Crippen molar-refractivity contribution in [1.29, 1.82) is 0 Å². The first-order chi connectivity index (χ1) is 18.1. The van der Waals surface area contributed by atoms with Crippen molar-refractivity contribution in [3.05, 3.63) is 28.9 Å². The molecule has 2 aliphatic rings. The molecule has 1 atom stereocenters. The van der Waals surface area contributed by atoms with Crippen molar-refractivity contribution in [3.63, 3.8) is 0 Å². The third-order valence-corrected chi connectivity index (χ3v) is 9.91. The zero-order valence-electron chi connectivity index (χ0n) is 21.9. The molecule has 0 saturated heterocycles. The third kappa shape index (κ3) is 7.77. The molecule has 0 spiro atoms. The SMILES string of the molecule is Cc1nc(NC(=O)CC[C@H](NC2CCCCC2)C(=O)OC2CCCC2)sc1-c1ccc(Cl)c(S(C)(=O)=O)c1. The van der Waals surface area contributed by atoms with Crippen LogP contribution in [0, 0.1) is 6.92 Å². The van der Waals surface area contributed by atoms with Crippen molar-refractivity contribution in [2.45, 2.75) is 101 Å². The number of amides is 1. The maximum Gasteiger partial charge on any atom is 0.323 e. The number of hydrogen-bond acceptors (Lipinski definition) is 8. The van der Waals surface area contributed by atoms with Crippen LogP contribution in [0.3, 0.4) is 0 Å². The average Bonchev–Trinajstić information content (AvgIpc) is 3.51. The zero-order chi connectivity index (χ0) is 27.3. The van der Waals surface area contributed by atoms with Crippen molar-refractivity contribution in [2.24, 2.45) is 0 Å². The normalized spacial score (nSPS) is 17.9. The lowest BCUT2D eigenvalue weighted by Crippen LogP contribution is -2.46. The number of halogens is 1. The summed E-state index contributed by atoms with van der Waals surface area (Å²) < 4.78 is 29.9. The fourth-order valence-electron chi connectivity index (χ4n) is 5.18. The Hall–Kier alpha value is -2.01. The Morgan fingerprint density at radius 1 is 1.13 bits per heavy atom. The van der Waals surface area contributed by atoms with Gasteiger partial charge in [0, 0.05) is 18.7 Å². The van der Waals surface area contributed by atoms with E-state index in [-0.39, 0.29) is 40.4 Å². The molecule has 208 valence electrons. The first-order valence-corrected chi connectivity index (χ1v) is 16.4. The van der Waals surface area contributed by atoms with Crippen LogP contribution in [0.5, 0.6) is 0 Å². The molecule has 0 bridgehead atoms. The number of nitrogens with one attached hydrogen (secondary N) is 2.